The molecule has 1 N–H and O–H groups in total. The van der Waals surface area contributed by atoms with Crippen molar-refractivity contribution in [2.75, 3.05) is 20.6 Å². The molecule has 84 valence electrons. The van der Waals surface area contributed by atoms with Crippen molar-refractivity contribution in [3.05, 3.63) is 33.8 Å². The van der Waals surface area contributed by atoms with Gasteiger partial charge in [0.15, 0.2) is 0 Å². The monoisotopic (exact) mass is 247 g/mol. The Balaban J connectivity index is 2.65. The summed E-state index contributed by atoms with van der Waals surface area (Å²) in [6, 6.07) is 5.22. The van der Waals surface area contributed by atoms with E-state index in [0.29, 0.717) is 16.5 Å². The molecule has 1 aromatic rings. The Bertz CT molecular complexity index is 328. The van der Waals surface area contributed by atoms with Crippen molar-refractivity contribution in [1.82, 2.24) is 4.90 Å². The van der Waals surface area contributed by atoms with Crippen molar-refractivity contribution < 1.29 is 5.11 Å². The van der Waals surface area contributed by atoms with Gasteiger partial charge in [-0.15, -0.1) is 0 Å². The van der Waals surface area contributed by atoms with Gasteiger partial charge in [-0.05, 0) is 38.2 Å². The number of hydrogen-bond acceptors (Lipinski definition) is 2. The van der Waals surface area contributed by atoms with Crippen LogP contribution in [-0.2, 0) is 0 Å². The summed E-state index contributed by atoms with van der Waals surface area (Å²) in [4.78, 5) is 2.03. The van der Waals surface area contributed by atoms with E-state index in [1.165, 1.54) is 0 Å². The summed E-state index contributed by atoms with van der Waals surface area (Å²) in [5.74, 6) is 0. The molecule has 0 saturated carbocycles. The molecule has 0 heterocycles. The van der Waals surface area contributed by atoms with Crippen LogP contribution in [0.3, 0.4) is 0 Å². The second-order valence-electron chi connectivity index (χ2n) is 3.78. The molecule has 0 aliphatic rings. The van der Waals surface area contributed by atoms with Gasteiger partial charge in [0.25, 0.3) is 0 Å². The average molecular weight is 248 g/mol. The smallest absolute Gasteiger partial charge is 0.0802 e. The third-order valence-electron chi connectivity index (χ3n) is 2.18. The Morgan fingerprint density at radius 3 is 2.47 bits per heavy atom. The van der Waals surface area contributed by atoms with Crippen LogP contribution in [0, 0.1) is 0 Å². The summed E-state index contributed by atoms with van der Waals surface area (Å²) >= 11 is 11.7. The van der Waals surface area contributed by atoms with E-state index < -0.39 is 6.10 Å². The number of benzene rings is 1. The summed E-state index contributed by atoms with van der Waals surface area (Å²) < 4.78 is 0. The third kappa shape index (κ3) is 3.99. The summed E-state index contributed by atoms with van der Waals surface area (Å²) in [6.07, 6.45) is 0.201. The predicted molar refractivity (Wildman–Crippen MR) is 64.6 cm³/mol. The Hall–Kier alpha value is -0.280. The second-order valence-corrected chi connectivity index (χ2v) is 4.60. The Labute approximate surface area is 100 Å². The lowest BCUT2D eigenvalue weighted by molar-refractivity contribution is 0.154. The lowest BCUT2D eigenvalue weighted by Crippen LogP contribution is -2.15. The minimum absolute atomic E-state index is 0.484. The SMILES string of the molecule is CN(C)CC[C@@H](O)c1ccc(Cl)c(Cl)c1. The normalized spacial score (nSPS) is 13.2. The highest BCUT2D eigenvalue weighted by atomic mass is 35.5. The highest BCUT2D eigenvalue weighted by molar-refractivity contribution is 6.42. The number of aliphatic hydroxyl groups is 1. The average Bonchev–Trinajstić information content (AvgIpc) is 2.18. The third-order valence-corrected chi connectivity index (χ3v) is 2.92. The fraction of sp³-hybridized carbons (Fsp3) is 0.455. The van der Waals surface area contributed by atoms with Crippen LogP contribution in [0.2, 0.25) is 10.0 Å². The van der Waals surface area contributed by atoms with Gasteiger partial charge < -0.3 is 10.0 Å². The molecule has 0 amide bonds. The van der Waals surface area contributed by atoms with Gasteiger partial charge in [-0.3, -0.25) is 0 Å². The molecule has 0 aliphatic carbocycles. The number of hydrogen-bond donors (Lipinski definition) is 1. The number of rotatable bonds is 4. The quantitative estimate of drug-likeness (QED) is 0.885. The van der Waals surface area contributed by atoms with E-state index in [4.69, 9.17) is 23.2 Å². The first-order valence-corrected chi connectivity index (χ1v) is 5.54. The van der Waals surface area contributed by atoms with Crippen LogP contribution in [0.5, 0.6) is 0 Å². The van der Waals surface area contributed by atoms with Crippen LogP contribution >= 0.6 is 23.2 Å². The van der Waals surface area contributed by atoms with Gasteiger partial charge in [-0.1, -0.05) is 29.3 Å². The van der Waals surface area contributed by atoms with Crippen molar-refractivity contribution in [2.45, 2.75) is 12.5 Å². The number of aliphatic hydroxyl groups excluding tert-OH is 1. The maximum absolute atomic E-state index is 9.86. The van der Waals surface area contributed by atoms with Crippen molar-refractivity contribution in [3.63, 3.8) is 0 Å². The lowest BCUT2D eigenvalue weighted by atomic mass is 10.1. The lowest BCUT2D eigenvalue weighted by Gasteiger charge is -2.15. The largest absolute Gasteiger partial charge is 0.388 e. The van der Waals surface area contributed by atoms with Crippen LogP contribution in [-0.4, -0.2) is 30.6 Å². The molecule has 0 radical (unpaired) electrons. The summed E-state index contributed by atoms with van der Waals surface area (Å²) in [5, 5.41) is 10.9. The molecule has 1 rings (SSSR count). The van der Waals surface area contributed by atoms with E-state index in [1.54, 1.807) is 18.2 Å². The molecule has 1 aromatic carbocycles. The van der Waals surface area contributed by atoms with Crippen molar-refractivity contribution in [2.24, 2.45) is 0 Å². The van der Waals surface area contributed by atoms with Gasteiger partial charge in [-0.2, -0.15) is 0 Å². The first kappa shape index (κ1) is 12.8. The molecular weight excluding hydrogens is 233 g/mol. The molecule has 0 aromatic heterocycles. The van der Waals surface area contributed by atoms with Crippen LogP contribution in [0.25, 0.3) is 0 Å². The van der Waals surface area contributed by atoms with E-state index in [9.17, 15) is 5.11 Å². The summed E-state index contributed by atoms with van der Waals surface area (Å²) in [7, 11) is 3.95. The molecule has 0 saturated heterocycles. The van der Waals surface area contributed by atoms with Crippen molar-refractivity contribution in [3.8, 4) is 0 Å². The van der Waals surface area contributed by atoms with E-state index in [1.807, 2.05) is 19.0 Å². The molecule has 0 bridgehead atoms. The standard InChI is InChI=1S/C11H15Cl2NO/c1-14(2)6-5-11(15)8-3-4-9(12)10(13)7-8/h3-4,7,11,15H,5-6H2,1-2H3/t11-/m1/s1. The zero-order valence-electron chi connectivity index (χ0n) is 8.87. The van der Waals surface area contributed by atoms with Crippen LogP contribution in [0.1, 0.15) is 18.1 Å². The molecule has 0 aliphatic heterocycles. The summed E-state index contributed by atoms with van der Waals surface area (Å²) in [6.45, 7) is 0.835. The molecule has 15 heavy (non-hydrogen) atoms. The molecule has 0 unspecified atom stereocenters. The highest BCUT2D eigenvalue weighted by Crippen LogP contribution is 2.26. The van der Waals surface area contributed by atoms with E-state index in [2.05, 4.69) is 0 Å². The fourth-order valence-corrected chi connectivity index (χ4v) is 1.57. The second kappa shape index (κ2) is 5.71. The van der Waals surface area contributed by atoms with E-state index >= 15 is 0 Å². The number of nitrogens with zero attached hydrogens (tertiary/aromatic N) is 1. The first-order valence-electron chi connectivity index (χ1n) is 4.78. The van der Waals surface area contributed by atoms with Gasteiger partial charge in [0.05, 0.1) is 16.1 Å². The van der Waals surface area contributed by atoms with Gasteiger partial charge in [0, 0.05) is 6.54 Å². The van der Waals surface area contributed by atoms with Gasteiger partial charge in [0.1, 0.15) is 0 Å². The molecule has 0 fully saturated rings. The van der Waals surface area contributed by atoms with E-state index in [-0.39, 0.29) is 0 Å². The highest BCUT2D eigenvalue weighted by Gasteiger charge is 2.09. The first-order chi connectivity index (χ1) is 7.00. The summed E-state index contributed by atoms with van der Waals surface area (Å²) in [5.41, 5.74) is 0.811. The minimum Gasteiger partial charge on any atom is -0.388 e. The maximum Gasteiger partial charge on any atom is 0.0802 e. The topological polar surface area (TPSA) is 23.5 Å². The van der Waals surface area contributed by atoms with Crippen LogP contribution in [0.15, 0.2) is 18.2 Å². The fourth-order valence-electron chi connectivity index (χ4n) is 1.27. The minimum atomic E-state index is -0.484. The van der Waals surface area contributed by atoms with Crippen LogP contribution in [0.4, 0.5) is 0 Å². The molecule has 1 atom stereocenters. The van der Waals surface area contributed by atoms with E-state index in [0.717, 1.165) is 12.1 Å². The van der Waals surface area contributed by atoms with Crippen LogP contribution < -0.4 is 0 Å². The Morgan fingerprint density at radius 1 is 1.27 bits per heavy atom. The van der Waals surface area contributed by atoms with Crippen molar-refractivity contribution >= 4 is 23.2 Å². The predicted octanol–water partition coefficient (Wildman–Crippen LogP) is 2.98. The van der Waals surface area contributed by atoms with Gasteiger partial charge in [0.2, 0.25) is 0 Å². The molecule has 4 heteroatoms. The van der Waals surface area contributed by atoms with Crippen molar-refractivity contribution in [1.29, 1.82) is 0 Å². The molecule has 2 nitrogen and oxygen atoms in total. The van der Waals surface area contributed by atoms with Gasteiger partial charge in [-0.25, -0.2) is 0 Å². The zero-order chi connectivity index (χ0) is 11.4. The van der Waals surface area contributed by atoms with Gasteiger partial charge >= 0.3 is 0 Å². The molecule has 0 spiro atoms. The Kier molecular flexibility index (Phi) is 4.87. The zero-order valence-corrected chi connectivity index (χ0v) is 10.4. The Morgan fingerprint density at radius 2 is 1.93 bits per heavy atom. The maximum atomic E-state index is 9.86. The molecular formula is C11H15Cl2NO. The number of halogens is 2.